The predicted molar refractivity (Wildman–Crippen MR) is 142 cm³/mol. The molecule has 3 aliphatic rings. The number of hydrogen-bond acceptors (Lipinski definition) is 6. The van der Waals surface area contributed by atoms with E-state index in [0.29, 0.717) is 73.0 Å². The smallest absolute Gasteiger partial charge is 0.313 e. The van der Waals surface area contributed by atoms with Gasteiger partial charge >= 0.3 is 11.9 Å². The number of carboxylic acid groups (broad SMARTS) is 1. The van der Waals surface area contributed by atoms with Crippen molar-refractivity contribution in [2.75, 3.05) is 24.7 Å². The molecule has 2 aliphatic heterocycles. The summed E-state index contributed by atoms with van der Waals surface area (Å²) in [5.74, 6) is -1.52. The van der Waals surface area contributed by atoms with E-state index in [-0.39, 0.29) is 17.8 Å². The normalized spacial score (nSPS) is 21.5. The summed E-state index contributed by atoms with van der Waals surface area (Å²) in [6.45, 7) is 2.99. The van der Waals surface area contributed by atoms with E-state index in [2.05, 4.69) is 0 Å². The standard InChI is InChI=1S/C31H29NO7/c1-2-37-31(36)21-8-7-19-16-22(11-9-18(19)15-21)32-28(20-10-12-25-26(17-20)39-14-13-38-25)27(30(34)35)23-5-3-4-6-24(23)29(32)33/h3-6,9-12,16-17,21,27-28H,2,7-8,13-15H2,1H3,(H,34,35)/t21-,27?,28?/m0/s1. The summed E-state index contributed by atoms with van der Waals surface area (Å²) in [6.07, 6.45) is 1.91. The number of amides is 1. The Morgan fingerprint density at radius 2 is 1.79 bits per heavy atom. The van der Waals surface area contributed by atoms with Crippen LogP contribution in [0.15, 0.2) is 60.7 Å². The zero-order valence-corrected chi connectivity index (χ0v) is 21.6. The monoisotopic (exact) mass is 527 g/mol. The van der Waals surface area contributed by atoms with Gasteiger partial charge in [0.1, 0.15) is 19.1 Å². The van der Waals surface area contributed by atoms with Crippen LogP contribution >= 0.6 is 0 Å². The molecule has 6 rings (SSSR count). The highest BCUT2D eigenvalue weighted by Gasteiger charge is 2.45. The molecule has 3 aromatic carbocycles. The quantitative estimate of drug-likeness (QED) is 0.480. The van der Waals surface area contributed by atoms with Crippen molar-refractivity contribution in [3.05, 3.63) is 88.5 Å². The van der Waals surface area contributed by atoms with E-state index in [0.717, 1.165) is 11.1 Å². The summed E-state index contributed by atoms with van der Waals surface area (Å²) in [6, 6.07) is 17.2. The van der Waals surface area contributed by atoms with Gasteiger partial charge in [0.05, 0.1) is 18.6 Å². The number of ether oxygens (including phenoxy) is 3. The van der Waals surface area contributed by atoms with E-state index < -0.39 is 17.9 Å². The van der Waals surface area contributed by atoms with Crippen molar-refractivity contribution in [1.29, 1.82) is 0 Å². The predicted octanol–water partition coefficient (Wildman–Crippen LogP) is 4.70. The van der Waals surface area contributed by atoms with Crippen LogP contribution in [0.4, 0.5) is 5.69 Å². The fourth-order valence-electron chi connectivity index (χ4n) is 6.02. The SMILES string of the molecule is CCOC(=O)[C@H]1CCc2cc(N3C(=O)c4ccccc4C(C(=O)O)C3c3ccc4c(c3)OCCO4)ccc2C1. The number of carboxylic acids is 1. The van der Waals surface area contributed by atoms with E-state index in [1.54, 1.807) is 48.2 Å². The summed E-state index contributed by atoms with van der Waals surface area (Å²) in [5, 5.41) is 10.5. The fraction of sp³-hybridized carbons (Fsp3) is 0.323. The van der Waals surface area contributed by atoms with E-state index >= 15 is 0 Å². The van der Waals surface area contributed by atoms with Crippen LogP contribution in [0.25, 0.3) is 0 Å². The molecule has 8 heteroatoms. The van der Waals surface area contributed by atoms with Crippen LogP contribution in [-0.2, 0) is 27.2 Å². The van der Waals surface area contributed by atoms with Crippen LogP contribution in [0.5, 0.6) is 11.5 Å². The molecular weight excluding hydrogens is 498 g/mol. The van der Waals surface area contributed by atoms with Gasteiger partial charge in [-0.3, -0.25) is 19.3 Å². The fourth-order valence-corrected chi connectivity index (χ4v) is 6.02. The maximum absolute atomic E-state index is 14.1. The molecule has 0 bridgehead atoms. The van der Waals surface area contributed by atoms with Crippen molar-refractivity contribution in [1.82, 2.24) is 0 Å². The minimum atomic E-state index is -1.02. The molecule has 1 aliphatic carbocycles. The van der Waals surface area contributed by atoms with Crippen LogP contribution in [-0.4, -0.2) is 42.8 Å². The number of hydrogen-bond donors (Lipinski definition) is 1. The molecular formula is C31H29NO7. The topological polar surface area (TPSA) is 102 Å². The second-order valence-electron chi connectivity index (χ2n) is 10.1. The summed E-state index contributed by atoms with van der Waals surface area (Å²) in [7, 11) is 0. The number of esters is 1. The average Bonchev–Trinajstić information content (AvgIpc) is 2.96. The van der Waals surface area contributed by atoms with Gasteiger partial charge in [-0.15, -0.1) is 0 Å². The first-order valence-corrected chi connectivity index (χ1v) is 13.3. The van der Waals surface area contributed by atoms with E-state index in [1.165, 1.54) is 0 Å². The zero-order chi connectivity index (χ0) is 27.1. The summed E-state index contributed by atoms with van der Waals surface area (Å²) >= 11 is 0. The molecule has 1 amide bonds. The minimum Gasteiger partial charge on any atom is -0.486 e. The maximum Gasteiger partial charge on any atom is 0.313 e. The van der Waals surface area contributed by atoms with Crippen molar-refractivity contribution >= 4 is 23.5 Å². The van der Waals surface area contributed by atoms with Gasteiger partial charge in [-0.1, -0.05) is 30.3 Å². The molecule has 200 valence electrons. The molecule has 39 heavy (non-hydrogen) atoms. The Balaban J connectivity index is 1.45. The number of benzene rings is 3. The van der Waals surface area contributed by atoms with Crippen molar-refractivity contribution in [3.8, 4) is 11.5 Å². The van der Waals surface area contributed by atoms with E-state index in [4.69, 9.17) is 14.2 Å². The number of fused-ring (bicyclic) bond motifs is 3. The molecule has 2 unspecified atom stereocenters. The van der Waals surface area contributed by atoms with Gasteiger partial charge in [0.15, 0.2) is 11.5 Å². The second kappa shape index (κ2) is 10.1. The number of aliphatic carboxylic acids is 1. The molecule has 0 saturated carbocycles. The number of aryl methyl sites for hydroxylation is 1. The number of carbonyl (C=O) groups excluding carboxylic acids is 2. The Labute approximate surface area is 226 Å². The lowest BCUT2D eigenvalue weighted by molar-refractivity contribution is -0.148. The molecule has 3 atom stereocenters. The van der Waals surface area contributed by atoms with Crippen LogP contribution in [0.1, 0.15) is 57.9 Å². The summed E-state index contributed by atoms with van der Waals surface area (Å²) < 4.78 is 16.7. The molecule has 2 heterocycles. The number of anilines is 1. The largest absolute Gasteiger partial charge is 0.486 e. The van der Waals surface area contributed by atoms with Gasteiger partial charge in [-0.2, -0.15) is 0 Å². The third kappa shape index (κ3) is 4.39. The Hall–Kier alpha value is -4.33. The van der Waals surface area contributed by atoms with Crippen LogP contribution < -0.4 is 14.4 Å². The molecule has 1 N–H and O–H groups in total. The van der Waals surface area contributed by atoms with Crippen molar-refractivity contribution in [2.24, 2.45) is 5.92 Å². The van der Waals surface area contributed by atoms with E-state index in [1.807, 2.05) is 24.3 Å². The highest BCUT2D eigenvalue weighted by atomic mass is 16.6. The Morgan fingerprint density at radius 1 is 1.00 bits per heavy atom. The minimum absolute atomic E-state index is 0.182. The van der Waals surface area contributed by atoms with Gasteiger partial charge < -0.3 is 19.3 Å². The highest BCUT2D eigenvalue weighted by molar-refractivity contribution is 6.11. The molecule has 0 saturated heterocycles. The van der Waals surface area contributed by atoms with Crippen LogP contribution in [0, 0.1) is 5.92 Å². The Kier molecular flexibility index (Phi) is 6.46. The molecule has 0 fully saturated rings. The molecule has 8 nitrogen and oxygen atoms in total. The van der Waals surface area contributed by atoms with Gasteiger partial charge in [-0.25, -0.2) is 0 Å². The third-order valence-electron chi connectivity index (χ3n) is 7.83. The summed E-state index contributed by atoms with van der Waals surface area (Å²) in [4.78, 5) is 40.8. The van der Waals surface area contributed by atoms with Crippen molar-refractivity contribution in [3.63, 3.8) is 0 Å². The van der Waals surface area contributed by atoms with Gasteiger partial charge in [0.25, 0.3) is 5.91 Å². The number of nitrogens with zero attached hydrogens (tertiary/aromatic N) is 1. The zero-order valence-electron chi connectivity index (χ0n) is 21.6. The van der Waals surface area contributed by atoms with Crippen molar-refractivity contribution in [2.45, 2.75) is 38.1 Å². The first-order valence-electron chi connectivity index (χ1n) is 13.3. The van der Waals surface area contributed by atoms with Gasteiger partial charge in [-0.05, 0) is 78.8 Å². The lowest BCUT2D eigenvalue weighted by atomic mass is 9.79. The third-order valence-corrected chi connectivity index (χ3v) is 7.83. The van der Waals surface area contributed by atoms with Crippen molar-refractivity contribution < 1.29 is 33.7 Å². The first-order chi connectivity index (χ1) is 19.0. The van der Waals surface area contributed by atoms with Crippen LogP contribution in [0.2, 0.25) is 0 Å². The van der Waals surface area contributed by atoms with Gasteiger partial charge in [0.2, 0.25) is 0 Å². The van der Waals surface area contributed by atoms with Gasteiger partial charge in [0, 0.05) is 11.3 Å². The average molecular weight is 528 g/mol. The lowest BCUT2D eigenvalue weighted by Crippen LogP contribution is -2.45. The Bertz CT molecular complexity index is 1470. The van der Waals surface area contributed by atoms with E-state index in [9.17, 15) is 19.5 Å². The molecule has 3 aromatic rings. The molecule has 0 aromatic heterocycles. The molecule has 0 radical (unpaired) electrons. The lowest BCUT2D eigenvalue weighted by Gasteiger charge is -2.41. The maximum atomic E-state index is 14.1. The number of rotatable bonds is 5. The second-order valence-corrected chi connectivity index (χ2v) is 10.1. The summed E-state index contributed by atoms with van der Waals surface area (Å²) in [5.41, 5.74) is 4.22. The Morgan fingerprint density at radius 3 is 2.59 bits per heavy atom. The number of carbonyl (C=O) groups is 3. The molecule has 0 spiro atoms. The first kappa shape index (κ1) is 25.0. The van der Waals surface area contributed by atoms with Crippen LogP contribution in [0.3, 0.4) is 0 Å². The highest BCUT2D eigenvalue weighted by Crippen LogP contribution is 2.47.